The Hall–Kier alpha value is -5.70. The molecule has 2 aromatic carbocycles. The number of nitrogens with one attached hydrogen (secondary N) is 5. The number of carboxylic acids is 1. The number of carboxylic acid groups (broad SMARTS) is 1. The highest BCUT2D eigenvalue weighted by Gasteiger charge is 2.31. The molecular weight excluding hydrogens is 584 g/mol. The Labute approximate surface area is 256 Å². The van der Waals surface area contributed by atoms with Crippen molar-refractivity contribution in [2.24, 2.45) is 11.5 Å². The number of aliphatic carboxylic acids is 1. The van der Waals surface area contributed by atoms with Crippen LogP contribution in [0.15, 0.2) is 67.3 Å². The number of fused-ring (bicyclic) bond motifs is 1. The Kier molecular flexibility index (Phi) is 10.5. The van der Waals surface area contributed by atoms with Crippen molar-refractivity contribution in [2.75, 3.05) is 0 Å². The predicted octanol–water partition coefficient (Wildman–Crippen LogP) is -0.634. The largest absolute Gasteiger partial charge is 0.508 e. The lowest BCUT2D eigenvalue weighted by molar-refractivity contribution is -0.143. The summed E-state index contributed by atoms with van der Waals surface area (Å²) in [7, 11) is 0. The molecule has 15 nitrogen and oxygen atoms in total. The topological polar surface area (TPSA) is 258 Å². The molecule has 4 atom stereocenters. The van der Waals surface area contributed by atoms with Gasteiger partial charge in [0.15, 0.2) is 0 Å². The van der Waals surface area contributed by atoms with Crippen LogP contribution in [0.5, 0.6) is 5.75 Å². The van der Waals surface area contributed by atoms with Crippen molar-refractivity contribution < 1.29 is 34.2 Å². The van der Waals surface area contributed by atoms with Crippen molar-refractivity contribution in [1.82, 2.24) is 30.9 Å². The van der Waals surface area contributed by atoms with Crippen LogP contribution in [0.3, 0.4) is 0 Å². The standard InChI is InChI=1S/C30H34N8O7/c31-21(10-17-13-34-22-4-2-1-3-20(17)22)27(41)36-23(9-16-5-7-19(39)8-6-16)28(42)37-24(11-18-14-33-15-35-18)29(43)38-25(30(44)45)12-26(32)40/h1-8,13-15,21,23-25,34,39H,9-12,31H2,(H2,32,40)(H,33,35)(H,36,41)(H,37,42)(H,38,43)(H,44,45). The highest BCUT2D eigenvalue weighted by Crippen LogP contribution is 2.19. The molecule has 0 aliphatic heterocycles. The number of hydrogen-bond donors (Lipinski definition) is 9. The molecule has 0 aliphatic carbocycles. The van der Waals surface area contributed by atoms with E-state index in [1.54, 1.807) is 18.3 Å². The number of para-hydroxylation sites is 1. The molecule has 0 aliphatic rings. The van der Waals surface area contributed by atoms with Gasteiger partial charge in [0.2, 0.25) is 23.6 Å². The molecule has 11 N–H and O–H groups in total. The highest BCUT2D eigenvalue weighted by atomic mass is 16.4. The number of nitrogens with zero attached hydrogens (tertiary/aromatic N) is 1. The molecule has 4 aromatic rings. The number of carbonyl (C=O) groups excluding carboxylic acids is 4. The van der Waals surface area contributed by atoms with E-state index in [1.807, 2.05) is 24.3 Å². The van der Waals surface area contributed by atoms with Gasteiger partial charge in [-0.1, -0.05) is 30.3 Å². The zero-order valence-corrected chi connectivity index (χ0v) is 24.0. The first-order valence-electron chi connectivity index (χ1n) is 14.0. The van der Waals surface area contributed by atoms with E-state index in [1.165, 1.54) is 24.7 Å². The van der Waals surface area contributed by atoms with Gasteiger partial charge in [0.05, 0.1) is 18.8 Å². The molecule has 4 rings (SSSR count). The third-order valence-electron chi connectivity index (χ3n) is 7.09. The van der Waals surface area contributed by atoms with E-state index in [2.05, 4.69) is 30.9 Å². The van der Waals surface area contributed by atoms with Gasteiger partial charge in [-0.2, -0.15) is 0 Å². The van der Waals surface area contributed by atoms with Crippen LogP contribution in [0.4, 0.5) is 0 Å². The van der Waals surface area contributed by atoms with Crippen LogP contribution in [0, 0.1) is 0 Å². The van der Waals surface area contributed by atoms with E-state index < -0.39 is 60.2 Å². The van der Waals surface area contributed by atoms with E-state index in [9.17, 15) is 34.2 Å². The predicted molar refractivity (Wildman–Crippen MR) is 161 cm³/mol. The molecular formula is C30H34N8O7. The van der Waals surface area contributed by atoms with Gasteiger partial charge in [-0.15, -0.1) is 0 Å². The fraction of sp³-hybridized carbons (Fsp3) is 0.267. The van der Waals surface area contributed by atoms with Gasteiger partial charge in [-0.25, -0.2) is 9.78 Å². The van der Waals surface area contributed by atoms with Crippen molar-refractivity contribution in [3.8, 4) is 5.75 Å². The molecule has 2 heterocycles. The Balaban J connectivity index is 1.54. The van der Waals surface area contributed by atoms with Crippen molar-refractivity contribution in [1.29, 1.82) is 0 Å². The molecule has 15 heteroatoms. The summed E-state index contributed by atoms with van der Waals surface area (Å²) >= 11 is 0. The molecule has 4 amide bonds. The van der Waals surface area contributed by atoms with E-state index >= 15 is 0 Å². The first kappa shape index (κ1) is 32.2. The average molecular weight is 619 g/mol. The molecule has 236 valence electrons. The van der Waals surface area contributed by atoms with Crippen LogP contribution >= 0.6 is 0 Å². The number of nitrogens with two attached hydrogens (primary N) is 2. The number of aromatic nitrogens is 3. The minimum atomic E-state index is -1.63. The third-order valence-corrected chi connectivity index (χ3v) is 7.09. The van der Waals surface area contributed by atoms with E-state index in [0.29, 0.717) is 11.3 Å². The maximum Gasteiger partial charge on any atom is 0.326 e. The van der Waals surface area contributed by atoms with Crippen LogP contribution in [0.25, 0.3) is 10.9 Å². The number of phenols is 1. The number of primary amides is 1. The summed E-state index contributed by atoms with van der Waals surface area (Å²) in [5.74, 6) is -4.73. The summed E-state index contributed by atoms with van der Waals surface area (Å²) in [6.45, 7) is 0. The number of amides is 4. The Morgan fingerprint density at radius 2 is 1.47 bits per heavy atom. The van der Waals surface area contributed by atoms with Crippen molar-refractivity contribution >= 4 is 40.5 Å². The lowest BCUT2D eigenvalue weighted by Crippen LogP contribution is -2.58. The molecule has 0 radical (unpaired) electrons. The summed E-state index contributed by atoms with van der Waals surface area (Å²) in [6, 6.07) is 8.30. The maximum absolute atomic E-state index is 13.7. The van der Waals surface area contributed by atoms with Gasteiger partial charge in [-0.05, 0) is 35.7 Å². The SMILES string of the molecule is NC(=O)CC(NC(=O)C(Cc1cnc[nH]1)NC(=O)C(Cc1ccc(O)cc1)NC(=O)C(N)Cc1c[nH]c2ccccc12)C(=O)O. The smallest absolute Gasteiger partial charge is 0.326 e. The quantitative estimate of drug-likeness (QED) is 0.0820. The van der Waals surface area contributed by atoms with Crippen LogP contribution in [-0.4, -0.2) is 78.9 Å². The maximum atomic E-state index is 13.7. The summed E-state index contributed by atoms with van der Waals surface area (Å²) in [4.78, 5) is 73.0. The number of benzene rings is 2. The first-order valence-corrected chi connectivity index (χ1v) is 14.0. The molecule has 2 aromatic heterocycles. The van der Waals surface area contributed by atoms with E-state index in [0.717, 1.165) is 16.5 Å². The highest BCUT2D eigenvalue weighted by molar-refractivity contribution is 5.95. The fourth-order valence-electron chi connectivity index (χ4n) is 4.76. The van der Waals surface area contributed by atoms with Crippen LogP contribution in [0.1, 0.15) is 23.2 Å². The minimum absolute atomic E-state index is 0.00442. The molecule has 0 spiro atoms. The number of H-pyrrole nitrogens is 2. The zero-order chi connectivity index (χ0) is 32.5. The number of hydrogen-bond acceptors (Lipinski definition) is 8. The number of aromatic hydroxyl groups is 1. The van der Waals surface area contributed by atoms with Crippen LogP contribution in [0.2, 0.25) is 0 Å². The second kappa shape index (κ2) is 14.7. The van der Waals surface area contributed by atoms with Crippen molar-refractivity contribution in [3.05, 3.63) is 84.1 Å². The lowest BCUT2D eigenvalue weighted by Gasteiger charge is -2.25. The van der Waals surface area contributed by atoms with Gasteiger partial charge in [0.1, 0.15) is 23.9 Å². The van der Waals surface area contributed by atoms with Gasteiger partial charge in [0.25, 0.3) is 0 Å². The Bertz CT molecular complexity index is 1650. The van der Waals surface area contributed by atoms with Crippen molar-refractivity contribution in [3.63, 3.8) is 0 Å². The van der Waals surface area contributed by atoms with Gasteiger partial charge < -0.3 is 47.6 Å². The number of aromatic amines is 2. The molecule has 0 fully saturated rings. The molecule has 45 heavy (non-hydrogen) atoms. The summed E-state index contributed by atoms with van der Waals surface area (Å²) in [5, 5.41) is 27.5. The van der Waals surface area contributed by atoms with Gasteiger partial charge >= 0.3 is 5.97 Å². The van der Waals surface area contributed by atoms with E-state index in [4.69, 9.17) is 11.5 Å². The number of rotatable bonds is 15. The average Bonchev–Trinajstić information content (AvgIpc) is 3.67. The van der Waals surface area contributed by atoms with Gasteiger partial charge in [0, 0.05) is 41.8 Å². The zero-order valence-electron chi connectivity index (χ0n) is 24.0. The lowest BCUT2D eigenvalue weighted by atomic mass is 10.0. The summed E-state index contributed by atoms with van der Waals surface area (Å²) < 4.78 is 0. The monoisotopic (exact) mass is 618 g/mol. The van der Waals surface area contributed by atoms with Crippen LogP contribution < -0.4 is 27.4 Å². The number of carbonyl (C=O) groups is 5. The Morgan fingerprint density at radius 3 is 2.11 bits per heavy atom. The Morgan fingerprint density at radius 1 is 0.822 bits per heavy atom. The third kappa shape index (κ3) is 8.90. The molecule has 0 bridgehead atoms. The molecule has 4 unspecified atom stereocenters. The number of phenolic OH excluding ortho intramolecular Hbond substituents is 1. The molecule has 0 saturated carbocycles. The van der Waals surface area contributed by atoms with Gasteiger partial charge in [-0.3, -0.25) is 19.2 Å². The summed E-state index contributed by atoms with van der Waals surface area (Å²) in [5.41, 5.74) is 14.1. The van der Waals surface area contributed by atoms with Crippen molar-refractivity contribution in [2.45, 2.75) is 49.9 Å². The molecule has 0 saturated heterocycles. The minimum Gasteiger partial charge on any atom is -0.508 e. The van der Waals surface area contributed by atoms with E-state index in [-0.39, 0.29) is 25.0 Å². The first-order chi connectivity index (χ1) is 21.5. The number of imidazole rings is 1. The van der Waals surface area contributed by atoms with Crippen LogP contribution in [-0.2, 0) is 43.2 Å². The second-order valence-electron chi connectivity index (χ2n) is 10.5. The normalized spacial score (nSPS) is 13.7. The summed E-state index contributed by atoms with van der Waals surface area (Å²) in [6.07, 6.45) is 3.89. The second-order valence-corrected chi connectivity index (χ2v) is 10.5. The fourth-order valence-corrected chi connectivity index (χ4v) is 4.76.